The van der Waals surface area contributed by atoms with Crippen molar-refractivity contribution < 1.29 is 17.6 Å². The van der Waals surface area contributed by atoms with Crippen molar-refractivity contribution in [3.8, 4) is 0 Å². The van der Waals surface area contributed by atoms with E-state index in [2.05, 4.69) is 10.3 Å². The number of anilines is 1. The van der Waals surface area contributed by atoms with Crippen LogP contribution >= 0.6 is 0 Å². The van der Waals surface area contributed by atoms with Crippen LogP contribution in [0.4, 0.5) is 23.2 Å². The lowest BCUT2D eigenvalue weighted by molar-refractivity contribution is -0.176. The van der Waals surface area contributed by atoms with Crippen LogP contribution in [0.1, 0.15) is 24.5 Å². The first-order chi connectivity index (χ1) is 13.3. The van der Waals surface area contributed by atoms with Crippen LogP contribution in [0.5, 0.6) is 0 Å². The molecule has 2 heterocycles. The van der Waals surface area contributed by atoms with Gasteiger partial charge in [0, 0.05) is 43.3 Å². The van der Waals surface area contributed by atoms with Crippen molar-refractivity contribution in [2.45, 2.75) is 26.1 Å². The predicted molar refractivity (Wildman–Crippen MR) is 102 cm³/mol. The van der Waals surface area contributed by atoms with E-state index in [1.807, 2.05) is 11.9 Å². The van der Waals surface area contributed by atoms with Gasteiger partial charge in [0.15, 0.2) is 0 Å². The molecule has 1 aliphatic rings. The number of hydrogen-bond donors (Lipinski definition) is 1. The molecule has 0 saturated carbocycles. The van der Waals surface area contributed by atoms with E-state index >= 15 is 0 Å². The summed E-state index contributed by atoms with van der Waals surface area (Å²) in [6.45, 7) is 2.46. The molecule has 0 spiro atoms. The quantitative estimate of drug-likeness (QED) is 0.697. The molecule has 2 atom stereocenters. The molecule has 2 aromatic rings. The Labute approximate surface area is 162 Å². The van der Waals surface area contributed by atoms with Gasteiger partial charge in [0.2, 0.25) is 0 Å². The predicted octanol–water partition coefficient (Wildman–Crippen LogP) is 5.32. The van der Waals surface area contributed by atoms with Gasteiger partial charge < -0.3 is 10.2 Å². The molecule has 0 fully saturated rings. The van der Waals surface area contributed by atoms with E-state index in [1.54, 1.807) is 37.3 Å². The number of nitrogens with zero attached hydrogens (tertiary/aromatic N) is 2. The van der Waals surface area contributed by atoms with E-state index in [1.165, 1.54) is 12.3 Å². The molecule has 3 nitrogen and oxygen atoms in total. The Kier molecular flexibility index (Phi) is 5.91. The highest BCUT2D eigenvalue weighted by molar-refractivity contribution is 5.67. The summed E-state index contributed by atoms with van der Waals surface area (Å²) in [5, 5.41) is 3.11. The lowest BCUT2D eigenvalue weighted by Crippen LogP contribution is -2.40. The number of hydrogen-bond acceptors (Lipinski definition) is 3. The molecule has 28 heavy (non-hydrogen) atoms. The van der Waals surface area contributed by atoms with Crippen LogP contribution in [-0.2, 0) is 6.54 Å². The Morgan fingerprint density at radius 1 is 1.18 bits per heavy atom. The van der Waals surface area contributed by atoms with Crippen LogP contribution in [0.25, 0.3) is 5.70 Å². The molecule has 150 valence electrons. The SMILES string of the molecule is CCC1CN(C)C(c2ccc(NCc3ccncc3F)cc2)=CC1C(F)(F)F. The minimum atomic E-state index is -4.25. The minimum Gasteiger partial charge on any atom is -0.381 e. The van der Waals surface area contributed by atoms with Crippen molar-refractivity contribution in [2.24, 2.45) is 11.8 Å². The van der Waals surface area contributed by atoms with E-state index in [9.17, 15) is 17.6 Å². The molecule has 1 aliphatic heterocycles. The number of rotatable bonds is 5. The summed E-state index contributed by atoms with van der Waals surface area (Å²) in [5.74, 6) is -2.26. The summed E-state index contributed by atoms with van der Waals surface area (Å²) >= 11 is 0. The maximum absolute atomic E-state index is 13.6. The van der Waals surface area contributed by atoms with Crippen molar-refractivity contribution in [3.63, 3.8) is 0 Å². The van der Waals surface area contributed by atoms with Crippen molar-refractivity contribution in [2.75, 3.05) is 18.9 Å². The van der Waals surface area contributed by atoms with Crippen molar-refractivity contribution in [1.82, 2.24) is 9.88 Å². The third-order valence-electron chi connectivity index (χ3n) is 5.19. The van der Waals surface area contributed by atoms with Crippen LogP contribution in [-0.4, -0.2) is 29.7 Å². The maximum atomic E-state index is 13.6. The monoisotopic (exact) mass is 393 g/mol. The standard InChI is InChI=1S/C21H23F4N3/c1-3-14-13-28(2)20(10-18(14)21(23,24)25)15-4-6-17(7-5-15)27-11-16-8-9-26-12-19(16)22/h4-10,12,14,18,27H,3,11,13H2,1-2H3. The van der Waals surface area contributed by atoms with Gasteiger partial charge in [-0.1, -0.05) is 25.5 Å². The van der Waals surface area contributed by atoms with Crippen molar-refractivity contribution in [3.05, 3.63) is 65.7 Å². The van der Waals surface area contributed by atoms with Crippen LogP contribution in [0.3, 0.4) is 0 Å². The Morgan fingerprint density at radius 2 is 1.89 bits per heavy atom. The molecule has 0 amide bonds. The van der Waals surface area contributed by atoms with E-state index in [0.717, 1.165) is 17.4 Å². The van der Waals surface area contributed by atoms with Gasteiger partial charge in [-0.3, -0.25) is 4.98 Å². The fourth-order valence-electron chi connectivity index (χ4n) is 3.56. The molecule has 0 aliphatic carbocycles. The number of allylic oxidation sites excluding steroid dienone is 1. The molecule has 1 aromatic carbocycles. The Hall–Kier alpha value is -2.57. The molecule has 2 unspecified atom stereocenters. The lowest BCUT2D eigenvalue weighted by atomic mass is 9.84. The van der Waals surface area contributed by atoms with E-state index in [4.69, 9.17) is 0 Å². The first-order valence-electron chi connectivity index (χ1n) is 9.22. The zero-order chi connectivity index (χ0) is 20.3. The fraction of sp³-hybridized carbons (Fsp3) is 0.381. The Bertz CT molecular complexity index is 830. The smallest absolute Gasteiger partial charge is 0.381 e. The Balaban J connectivity index is 1.76. The molecule has 1 aromatic heterocycles. The highest BCUT2D eigenvalue weighted by Gasteiger charge is 2.45. The summed E-state index contributed by atoms with van der Waals surface area (Å²) in [6, 6.07) is 8.75. The Morgan fingerprint density at radius 3 is 2.50 bits per heavy atom. The molecule has 7 heteroatoms. The summed E-state index contributed by atoms with van der Waals surface area (Å²) in [6.07, 6.45) is 0.254. The maximum Gasteiger partial charge on any atom is 0.395 e. The molecule has 3 rings (SSSR count). The highest BCUT2D eigenvalue weighted by Crippen LogP contribution is 2.41. The normalized spacial score (nSPS) is 20.1. The number of aromatic nitrogens is 1. The van der Waals surface area contributed by atoms with E-state index < -0.39 is 18.0 Å². The third kappa shape index (κ3) is 4.46. The highest BCUT2D eigenvalue weighted by atomic mass is 19.4. The summed E-state index contributed by atoms with van der Waals surface area (Å²) in [5.41, 5.74) is 2.57. The molecule has 0 radical (unpaired) electrons. The minimum absolute atomic E-state index is 0.296. The van der Waals surface area contributed by atoms with Gasteiger partial charge in [-0.2, -0.15) is 13.2 Å². The number of nitrogens with one attached hydrogen (secondary N) is 1. The summed E-state index contributed by atoms with van der Waals surface area (Å²) in [7, 11) is 1.82. The first-order valence-corrected chi connectivity index (χ1v) is 9.22. The van der Waals surface area contributed by atoms with Gasteiger partial charge in [-0.15, -0.1) is 0 Å². The van der Waals surface area contributed by atoms with E-state index in [0.29, 0.717) is 30.8 Å². The lowest BCUT2D eigenvalue weighted by Gasteiger charge is -2.37. The van der Waals surface area contributed by atoms with Crippen LogP contribution < -0.4 is 5.32 Å². The topological polar surface area (TPSA) is 28.2 Å². The number of benzene rings is 1. The van der Waals surface area contributed by atoms with E-state index in [-0.39, 0.29) is 5.82 Å². The second-order valence-electron chi connectivity index (χ2n) is 7.07. The third-order valence-corrected chi connectivity index (χ3v) is 5.19. The van der Waals surface area contributed by atoms with Gasteiger partial charge in [0.1, 0.15) is 5.82 Å². The first kappa shape index (κ1) is 20.2. The van der Waals surface area contributed by atoms with Crippen LogP contribution in [0.2, 0.25) is 0 Å². The van der Waals surface area contributed by atoms with Gasteiger partial charge >= 0.3 is 6.18 Å². The zero-order valence-electron chi connectivity index (χ0n) is 15.8. The van der Waals surface area contributed by atoms with Gasteiger partial charge in [-0.05, 0) is 35.8 Å². The largest absolute Gasteiger partial charge is 0.395 e. The molecule has 0 saturated heterocycles. The van der Waals surface area contributed by atoms with Gasteiger partial charge in [0.25, 0.3) is 0 Å². The van der Waals surface area contributed by atoms with Gasteiger partial charge in [0.05, 0.1) is 12.1 Å². The van der Waals surface area contributed by atoms with Crippen molar-refractivity contribution in [1.29, 1.82) is 0 Å². The van der Waals surface area contributed by atoms with Crippen LogP contribution in [0, 0.1) is 17.7 Å². The second-order valence-corrected chi connectivity index (χ2v) is 7.07. The fourth-order valence-corrected chi connectivity index (χ4v) is 3.56. The molecule has 0 bridgehead atoms. The average molecular weight is 393 g/mol. The number of halogens is 4. The zero-order valence-corrected chi connectivity index (χ0v) is 15.8. The average Bonchev–Trinajstić information content (AvgIpc) is 2.66. The van der Waals surface area contributed by atoms with Crippen molar-refractivity contribution >= 4 is 11.4 Å². The summed E-state index contributed by atoms with van der Waals surface area (Å²) < 4.78 is 54.0. The van der Waals surface area contributed by atoms with Crippen LogP contribution in [0.15, 0.2) is 48.8 Å². The number of pyridine rings is 1. The number of alkyl halides is 3. The molecular weight excluding hydrogens is 370 g/mol. The molecular formula is C21H23F4N3. The molecule has 1 N–H and O–H groups in total. The summed E-state index contributed by atoms with van der Waals surface area (Å²) in [4.78, 5) is 5.59. The van der Waals surface area contributed by atoms with Gasteiger partial charge in [-0.25, -0.2) is 4.39 Å². The second kappa shape index (κ2) is 8.20.